The molecule has 0 radical (unpaired) electrons. The predicted octanol–water partition coefficient (Wildman–Crippen LogP) is 4.66. The Balaban J connectivity index is 1.66. The summed E-state index contributed by atoms with van der Waals surface area (Å²) in [6, 6.07) is 17.8. The molecular formula is C19H23NOS. The molecule has 3 heteroatoms. The van der Waals surface area contributed by atoms with E-state index in [2.05, 4.69) is 60.1 Å². The van der Waals surface area contributed by atoms with Gasteiger partial charge in [-0.25, -0.2) is 0 Å². The van der Waals surface area contributed by atoms with Crippen LogP contribution < -0.4 is 10.1 Å². The van der Waals surface area contributed by atoms with Gasteiger partial charge in [0.1, 0.15) is 5.75 Å². The van der Waals surface area contributed by atoms with E-state index < -0.39 is 0 Å². The van der Waals surface area contributed by atoms with Gasteiger partial charge in [0.15, 0.2) is 0 Å². The first-order valence-corrected chi connectivity index (χ1v) is 9.03. The predicted molar refractivity (Wildman–Crippen MR) is 93.5 cm³/mol. The zero-order chi connectivity index (χ0) is 15.4. The van der Waals surface area contributed by atoms with E-state index in [0.717, 1.165) is 18.2 Å². The fourth-order valence-electron chi connectivity index (χ4n) is 2.77. The lowest BCUT2D eigenvalue weighted by molar-refractivity contribution is 0.413. The third-order valence-electron chi connectivity index (χ3n) is 4.25. The van der Waals surface area contributed by atoms with Crippen molar-refractivity contribution in [1.29, 1.82) is 0 Å². The van der Waals surface area contributed by atoms with Crippen LogP contribution in [-0.4, -0.2) is 13.4 Å². The van der Waals surface area contributed by atoms with Gasteiger partial charge < -0.3 is 10.1 Å². The molecule has 0 aromatic heterocycles. The van der Waals surface area contributed by atoms with E-state index in [-0.39, 0.29) is 0 Å². The standard InChI is InChI=1S/C19H23NOS/c1-21-17-9-7-16(8-10-17)19(15-5-6-15)20-13-14-3-11-18(22-2)12-4-14/h3-4,7-12,15,19-20H,5-6,13H2,1-2H3. The number of thioether (sulfide) groups is 1. The Bertz CT molecular complexity index is 590. The first-order valence-electron chi connectivity index (χ1n) is 7.80. The zero-order valence-corrected chi connectivity index (χ0v) is 14.0. The molecule has 116 valence electrons. The van der Waals surface area contributed by atoms with Crippen molar-refractivity contribution in [2.45, 2.75) is 30.3 Å². The van der Waals surface area contributed by atoms with Gasteiger partial charge in [0.2, 0.25) is 0 Å². The van der Waals surface area contributed by atoms with Crippen LogP contribution in [0.25, 0.3) is 0 Å². The molecule has 0 spiro atoms. The van der Waals surface area contributed by atoms with Crippen molar-refractivity contribution in [1.82, 2.24) is 5.32 Å². The smallest absolute Gasteiger partial charge is 0.118 e. The summed E-state index contributed by atoms with van der Waals surface area (Å²) < 4.78 is 5.25. The van der Waals surface area contributed by atoms with Gasteiger partial charge in [-0.05, 0) is 60.4 Å². The minimum atomic E-state index is 0.450. The number of methoxy groups -OCH3 is 1. The summed E-state index contributed by atoms with van der Waals surface area (Å²) in [5, 5.41) is 3.74. The maximum atomic E-state index is 5.25. The van der Waals surface area contributed by atoms with Gasteiger partial charge in [0.25, 0.3) is 0 Å². The number of hydrogen-bond donors (Lipinski definition) is 1. The maximum absolute atomic E-state index is 5.25. The number of ether oxygens (including phenoxy) is 1. The van der Waals surface area contributed by atoms with E-state index in [4.69, 9.17) is 4.74 Å². The van der Waals surface area contributed by atoms with Gasteiger partial charge in [0, 0.05) is 17.5 Å². The minimum absolute atomic E-state index is 0.450. The molecule has 0 heterocycles. The van der Waals surface area contributed by atoms with E-state index in [0.29, 0.717) is 6.04 Å². The highest BCUT2D eigenvalue weighted by molar-refractivity contribution is 7.98. The lowest BCUT2D eigenvalue weighted by atomic mass is 10.0. The van der Waals surface area contributed by atoms with Gasteiger partial charge in [-0.3, -0.25) is 0 Å². The Morgan fingerprint density at radius 2 is 1.77 bits per heavy atom. The lowest BCUT2D eigenvalue weighted by Gasteiger charge is -2.19. The van der Waals surface area contributed by atoms with Gasteiger partial charge in [-0.15, -0.1) is 11.8 Å². The molecule has 1 fully saturated rings. The molecule has 1 aliphatic carbocycles. The van der Waals surface area contributed by atoms with Crippen LogP contribution in [0.2, 0.25) is 0 Å². The summed E-state index contributed by atoms with van der Waals surface area (Å²) in [5.41, 5.74) is 2.71. The van der Waals surface area contributed by atoms with Crippen LogP contribution in [0.5, 0.6) is 5.75 Å². The largest absolute Gasteiger partial charge is 0.497 e. The van der Waals surface area contributed by atoms with Crippen LogP contribution in [0.15, 0.2) is 53.4 Å². The lowest BCUT2D eigenvalue weighted by Crippen LogP contribution is -2.22. The van der Waals surface area contributed by atoms with Crippen LogP contribution in [0.4, 0.5) is 0 Å². The average molecular weight is 313 g/mol. The molecule has 0 bridgehead atoms. The van der Waals surface area contributed by atoms with E-state index in [9.17, 15) is 0 Å². The monoisotopic (exact) mass is 313 g/mol. The average Bonchev–Trinajstić information content (AvgIpc) is 3.41. The second-order valence-corrected chi connectivity index (χ2v) is 6.70. The van der Waals surface area contributed by atoms with Crippen LogP contribution in [0.3, 0.4) is 0 Å². The van der Waals surface area contributed by atoms with E-state index in [1.54, 1.807) is 18.9 Å². The molecule has 0 saturated heterocycles. The molecule has 3 rings (SSSR count). The normalized spacial score (nSPS) is 15.5. The minimum Gasteiger partial charge on any atom is -0.497 e. The van der Waals surface area contributed by atoms with Crippen LogP contribution in [-0.2, 0) is 6.54 Å². The second kappa shape index (κ2) is 7.21. The maximum Gasteiger partial charge on any atom is 0.118 e. The third kappa shape index (κ3) is 3.84. The molecule has 2 aromatic rings. The van der Waals surface area contributed by atoms with Crippen molar-refractivity contribution >= 4 is 11.8 Å². The Morgan fingerprint density at radius 3 is 2.32 bits per heavy atom. The Morgan fingerprint density at radius 1 is 1.09 bits per heavy atom. The van der Waals surface area contributed by atoms with Gasteiger partial charge in [0.05, 0.1) is 7.11 Å². The van der Waals surface area contributed by atoms with Crippen LogP contribution >= 0.6 is 11.8 Å². The number of benzene rings is 2. The van der Waals surface area contributed by atoms with E-state index in [1.165, 1.54) is 28.9 Å². The highest BCUT2D eigenvalue weighted by Gasteiger charge is 2.31. The second-order valence-electron chi connectivity index (χ2n) is 5.82. The molecule has 1 unspecified atom stereocenters. The fourth-order valence-corrected chi connectivity index (χ4v) is 3.18. The highest BCUT2D eigenvalue weighted by Crippen LogP contribution is 2.41. The topological polar surface area (TPSA) is 21.3 Å². The molecule has 2 aromatic carbocycles. The van der Waals surface area contributed by atoms with Crippen molar-refractivity contribution < 1.29 is 4.74 Å². The molecular weight excluding hydrogens is 290 g/mol. The van der Waals surface area contributed by atoms with Gasteiger partial charge >= 0.3 is 0 Å². The Kier molecular flexibility index (Phi) is 5.06. The van der Waals surface area contributed by atoms with E-state index >= 15 is 0 Å². The van der Waals surface area contributed by atoms with Crippen molar-refractivity contribution in [2.75, 3.05) is 13.4 Å². The zero-order valence-electron chi connectivity index (χ0n) is 13.2. The third-order valence-corrected chi connectivity index (χ3v) is 5.00. The van der Waals surface area contributed by atoms with Crippen molar-refractivity contribution in [2.24, 2.45) is 5.92 Å². The molecule has 0 amide bonds. The summed E-state index contributed by atoms with van der Waals surface area (Å²) in [4.78, 5) is 1.32. The first kappa shape index (κ1) is 15.4. The molecule has 22 heavy (non-hydrogen) atoms. The highest BCUT2D eigenvalue weighted by atomic mass is 32.2. The van der Waals surface area contributed by atoms with Crippen molar-refractivity contribution in [3.63, 3.8) is 0 Å². The summed E-state index contributed by atoms with van der Waals surface area (Å²) in [5.74, 6) is 1.70. The Labute approximate surface area is 137 Å². The van der Waals surface area contributed by atoms with Gasteiger partial charge in [-0.2, -0.15) is 0 Å². The molecule has 2 nitrogen and oxygen atoms in total. The van der Waals surface area contributed by atoms with Crippen molar-refractivity contribution in [3.05, 3.63) is 59.7 Å². The molecule has 1 N–H and O–H groups in total. The number of rotatable bonds is 7. The fraction of sp³-hybridized carbons (Fsp3) is 0.368. The summed E-state index contributed by atoms with van der Waals surface area (Å²) in [7, 11) is 1.71. The summed E-state index contributed by atoms with van der Waals surface area (Å²) in [6.07, 6.45) is 4.77. The first-order chi connectivity index (χ1) is 10.8. The number of nitrogens with one attached hydrogen (secondary N) is 1. The molecule has 1 aliphatic rings. The Hall–Kier alpha value is -1.45. The number of hydrogen-bond acceptors (Lipinski definition) is 3. The SMILES string of the molecule is COc1ccc(C(NCc2ccc(SC)cc2)C2CC2)cc1. The van der Waals surface area contributed by atoms with Crippen molar-refractivity contribution in [3.8, 4) is 5.75 Å². The summed E-state index contributed by atoms with van der Waals surface area (Å²) in [6.45, 7) is 0.919. The van der Waals surface area contributed by atoms with Crippen LogP contribution in [0, 0.1) is 5.92 Å². The quantitative estimate of drug-likeness (QED) is 0.751. The molecule has 1 saturated carbocycles. The molecule has 0 aliphatic heterocycles. The van der Waals surface area contributed by atoms with E-state index in [1.807, 2.05) is 0 Å². The molecule has 1 atom stereocenters. The van der Waals surface area contributed by atoms with Crippen LogP contribution in [0.1, 0.15) is 30.0 Å². The van der Waals surface area contributed by atoms with Gasteiger partial charge in [-0.1, -0.05) is 24.3 Å². The summed E-state index contributed by atoms with van der Waals surface area (Å²) >= 11 is 1.78.